The molecule has 1 aromatic heterocycles. The second-order valence-electron chi connectivity index (χ2n) is 6.21. The molecular formula is C16H22N6O6S2. The van der Waals surface area contributed by atoms with Gasteiger partial charge in [-0.25, -0.2) is 30.7 Å². The summed E-state index contributed by atoms with van der Waals surface area (Å²) >= 11 is 0. The van der Waals surface area contributed by atoms with Gasteiger partial charge in [0.05, 0.1) is 17.8 Å². The van der Waals surface area contributed by atoms with Gasteiger partial charge in [0.1, 0.15) is 5.82 Å². The van der Waals surface area contributed by atoms with Crippen molar-refractivity contribution in [3.05, 3.63) is 35.7 Å². The Balaban J connectivity index is 2.19. The van der Waals surface area contributed by atoms with E-state index in [0.717, 1.165) is 4.31 Å². The van der Waals surface area contributed by atoms with E-state index in [1.807, 2.05) is 4.72 Å². The lowest BCUT2D eigenvalue weighted by atomic mass is 10.2. The predicted molar refractivity (Wildman–Crippen MR) is 108 cm³/mol. The maximum atomic E-state index is 12.7. The zero-order valence-corrected chi connectivity index (χ0v) is 18.4. The number of rotatable bonds is 8. The normalized spacial score (nSPS) is 11.9. The lowest BCUT2D eigenvalue weighted by Crippen LogP contribution is -2.35. The van der Waals surface area contributed by atoms with Gasteiger partial charge in [-0.1, -0.05) is 18.2 Å². The van der Waals surface area contributed by atoms with Crippen LogP contribution in [0.15, 0.2) is 29.2 Å². The molecule has 2 amide bonds. The smallest absolute Gasteiger partial charge is 0.335 e. The van der Waals surface area contributed by atoms with Gasteiger partial charge < -0.3 is 4.74 Å². The third-order valence-electron chi connectivity index (χ3n) is 3.81. The number of benzene rings is 1. The van der Waals surface area contributed by atoms with Gasteiger partial charge in [0.25, 0.3) is 10.0 Å². The number of carbonyl (C=O) groups is 1. The minimum absolute atomic E-state index is 0.0481. The van der Waals surface area contributed by atoms with E-state index in [1.54, 1.807) is 13.0 Å². The SMILES string of the molecule is COc1nc(C)nc(NC(=O)NS(=O)(=O)c2ccccc2CCS(=O)(=O)N(C)C)n1. The number of aryl methyl sites for hydroxylation is 2. The lowest BCUT2D eigenvalue weighted by molar-refractivity contribution is 0.256. The minimum atomic E-state index is -4.30. The van der Waals surface area contributed by atoms with Crippen LogP contribution in [0.2, 0.25) is 0 Å². The topological polar surface area (TPSA) is 161 Å². The van der Waals surface area contributed by atoms with E-state index in [1.165, 1.54) is 39.4 Å². The highest BCUT2D eigenvalue weighted by molar-refractivity contribution is 7.90. The van der Waals surface area contributed by atoms with Crippen LogP contribution < -0.4 is 14.8 Å². The fourth-order valence-corrected chi connectivity index (χ4v) is 4.32. The molecule has 0 aliphatic carbocycles. The highest BCUT2D eigenvalue weighted by atomic mass is 32.2. The van der Waals surface area contributed by atoms with E-state index in [0.29, 0.717) is 0 Å². The van der Waals surface area contributed by atoms with E-state index in [-0.39, 0.29) is 40.4 Å². The van der Waals surface area contributed by atoms with Gasteiger partial charge in [0, 0.05) is 14.1 Å². The number of hydrogen-bond acceptors (Lipinski definition) is 9. The number of hydrogen-bond donors (Lipinski definition) is 2. The van der Waals surface area contributed by atoms with Crippen molar-refractivity contribution in [1.29, 1.82) is 0 Å². The summed E-state index contributed by atoms with van der Waals surface area (Å²) in [7, 11) is -3.71. The van der Waals surface area contributed by atoms with Crippen LogP contribution in [0.5, 0.6) is 6.01 Å². The zero-order chi connectivity index (χ0) is 22.5. The van der Waals surface area contributed by atoms with Crippen molar-refractivity contribution in [3.63, 3.8) is 0 Å². The Morgan fingerprint density at radius 3 is 2.40 bits per heavy atom. The van der Waals surface area contributed by atoms with Crippen LogP contribution in [0.3, 0.4) is 0 Å². The highest BCUT2D eigenvalue weighted by Crippen LogP contribution is 2.17. The number of ether oxygens (including phenoxy) is 1. The van der Waals surface area contributed by atoms with Crippen LogP contribution in [-0.4, -0.2) is 69.1 Å². The number of methoxy groups -OCH3 is 1. The number of urea groups is 1. The summed E-state index contributed by atoms with van der Waals surface area (Å²) in [5.41, 5.74) is 0.251. The molecule has 0 bridgehead atoms. The van der Waals surface area contributed by atoms with Crippen molar-refractivity contribution in [1.82, 2.24) is 24.0 Å². The largest absolute Gasteiger partial charge is 0.467 e. The Labute approximate surface area is 174 Å². The Bertz CT molecular complexity index is 1130. The minimum Gasteiger partial charge on any atom is -0.467 e. The monoisotopic (exact) mass is 458 g/mol. The van der Waals surface area contributed by atoms with Crippen molar-refractivity contribution >= 4 is 32.0 Å². The van der Waals surface area contributed by atoms with Crippen molar-refractivity contribution in [2.75, 3.05) is 32.3 Å². The molecule has 0 aliphatic heterocycles. The molecular weight excluding hydrogens is 436 g/mol. The lowest BCUT2D eigenvalue weighted by Gasteiger charge is -2.14. The number of amides is 2. The number of nitrogens with one attached hydrogen (secondary N) is 2. The molecule has 1 heterocycles. The first-order chi connectivity index (χ1) is 13.9. The molecule has 12 nitrogen and oxygen atoms in total. The van der Waals surface area contributed by atoms with Crippen LogP contribution >= 0.6 is 0 Å². The van der Waals surface area contributed by atoms with Crippen LogP contribution in [0.4, 0.5) is 10.7 Å². The molecule has 30 heavy (non-hydrogen) atoms. The molecule has 164 valence electrons. The third kappa shape index (κ3) is 6.08. The molecule has 0 atom stereocenters. The average Bonchev–Trinajstić information content (AvgIpc) is 2.65. The fourth-order valence-electron chi connectivity index (χ4n) is 2.30. The standard InChI is InChI=1S/C16H22N6O6S2/c1-11-17-14(20-16(18-11)28-4)19-15(23)21-30(26,27)13-8-6-5-7-12(13)9-10-29(24,25)22(2)3/h5-8H,9-10H2,1-4H3,(H2,17,18,19,20,21,23). The molecule has 0 fully saturated rings. The van der Waals surface area contributed by atoms with Gasteiger partial charge >= 0.3 is 12.0 Å². The van der Waals surface area contributed by atoms with Crippen molar-refractivity contribution in [2.45, 2.75) is 18.2 Å². The van der Waals surface area contributed by atoms with E-state index in [4.69, 9.17) is 4.74 Å². The van der Waals surface area contributed by atoms with Gasteiger partial charge in [0.15, 0.2) is 0 Å². The number of nitrogens with zero attached hydrogens (tertiary/aromatic N) is 4. The highest BCUT2D eigenvalue weighted by Gasteiger charge is 2.23. The first kappa shape index (κ1) is 23.4. The summed E-state index contributed by atoms with van der Waals surface area (Å²) in [6.45, 7) is 1.54. The van der Waals surface area contributed by atoms with Crippen LogP contribution in [0.25, 0.3) is 0 Å². The van der Waals surface area contributed by atoms with Crippen molar-refractivity contribution < 1.29 is 26.4 Å². The first-order valence-corrected chi connectivity index (χ1v) is 11.6. The Morgan fingerprint density at radius 2 is 1.77 bits per heavy atom. The summed E-state index contributed by atoms with van der Waals surface area (Å²) in [4.78, 5) is 23.5. The molecule has 2 aromatic rings. The third-order valence-corrected chi connectivity index (χ3v) is 7.07. The van der Waals surface area contributed by atoms with E-state index in [9.17, 15) is 21.6 Å². The maximum Gasteiger partial charge on any atom is 0.335 e. The number of aromatic nitrogens is 3. The Hall–Kier alpha value is -2.84. The molecule has 0 saturated carbocycles. The Morgan fingerprint density at radius 1 is 1.10 bits per heavy atom. The first-order valence-electron chi connectivity index (χ1n) is 8.53. The molecule has 14 heteroatoms. The predicted octanol–water partition coefficient (Wildman–Crippen LogP) is 0.133. The summed E-state index contributed by atoms with van der Waals surface area (Å²) in [6, 6.07) is 4.67. The van der Waals surface area contributed by atoms with Crippen molar-refractivity contribution in [3.8, 4) is 6.01 Å². The second-order valence-corrected chi connectivity index (χ2v) is 10.2. The van der Waals surface area contributed by atoms with Gasteiger partial charge in [-0.3, -0.25) is 5.32 Å². The Kier molecular flexibility index (Phi) is 7.28. The van der Waals surface area contributed by atoms with E-state index < -0.39 is 26.1 Å². The van der Waals surface area contributed by atoms with Gasteiger partial charge in [-0.15, -0.1) is 0 Å². The van der Waals surface area contributed by atoms with Crippen LogP contribution in [-0.2, 0) is 26.5 Å². The number of anilines is 1. The zero-order valence-electron chi connectivity index (χ0n) is 16.8. The van der Waals surface area contributed by atoms with E-state index in [2.05, 4.69) is 20.3 Å². The fraction of sp³-hybridized carbons (Fsp3) is 0.375. The molecule has 1 aromatic carbocycles. The molecule has 0 radical (unpaired) electrons. The summed E-state index contributed by atoms with van der Waals surface area (Å²) in [6.07, 6.45) is -0.0525. The van der Waals surface area contributed by atoms with Gasteiger partial charge in [-0.05, 0) is 25.0 Å². The average molecular weight is 459 g/mol. The molecule has 2 rings (SSSR count). The number of sulfonamides is 2. The summed E-state index contributed by atoms with van der Waals surface area (Å²) in [5, 5.41) is 2.20. The summed E-state index contributed by atoms with van der Waals surface area (Å²) < 4.78 is 57.2. The summed E-state index contributed by atoms with van der Waals surface area (Å²) in [5.74, 6) is -0.229. The number of carbonyl (C=O) groups excluding carboxylic acids is 1. The maximum absolute atomic E-state index is 12.7. The molecule has 0 saturated heterocycles. The van der Waals surface area contributed by atoms with Gasteiger partial charge in [0.2, 0.25) is 16.0 Å². The van der Waals surface area contributed by atoms with Crippen LogP contribution in [0.1, 0.15) is 11.4 Å². The van der Waals surface area contributed by atoms with Gasteiger partial charge in [-0.2, -0.15) is 15.0 Å². The quantitative estimate of drug-likeness (QED) is 0.560. The molecule has 0 unspecified atom stereocenters. The molecule has 0 spiro atoms. The van der Waals surface area contributed by atoms with E-state index >= 15 is 0 Å². The molecule has 0 aliphatic rings. The second kappa shape index (κ2) is 9.32. The molecule has 2 N–H and O–H groups in total. The van der Waals surface area contributed by atoms with Crippen molar-refractivity contribution in [2.24, 2.45) is 0 Å². The van der Waals surface area contributed by atoms with Crippen LogP contribution in [0, 0.1) is 6.92 Å².